The Kier molecular flexibility index (Phi) is 3.60. The molecule has 0 saturated carbocycles. The van der Waals surface area contributed by atoms with Crippen molar-refractivity contribution in [2.45, 2.75) is 6.92 Å². The first-order valence-corrected chi connectivity index (χ1v) is 8.96. The van der Waals surface area contributed by atoms with Crippen LogP contribution >= 0.6 is 0 Å². The number of imidazole rings is 1. The summed E-state index contributed by atoms with van der Waals surface area (Å²) in [6.45, 7) is 1.89. The molecule has 4 N–H and O–H groups in total. The Labute approximate surface area is 164 Å². The third kappa shape index (κ3) is 2.69. The molecule has 29 heavy (non-hydrogen) atoms. The fourth-order valence-electron chi connectivity index (χ4n) is 3.48. The molecule has 5 aromatic rings. The van der Waals surface area contributed by atoms with Crippen LogP contribution < -0.4 is 5.73 Å². The predicted molar refractivity (Wildman–Crippen MR) is 109 cm³/mol. The van der Waals surface area contributed by atoms with Gasteiger partial charge >= 0.3 is 0 Å². The van der Waals surface area contributed by atoms with Crippen molar-refractivity contribution in [3.63, 3.8) is 0 Å². The molecule has 2 aromatic carbocycles. The van der Waals surface area contributed by atoms with E-state index in [-0.39, 0.29) is 11.6 Å². The van der Waals surface area contributed by atoms with E-state index in [0.717, 1.165) is 34.2 Å². The van der Waals surface area contributed by atoms with Crippen LogP contribution in [0.3, 0.4) is 0 Å². The van der Waals surface area contributed by atoms with Crippen LogP contribution in [-0.4, -0.2) is 36.8 Å². The van der Waals surface area contributed by atoms with Gasteiger partial charge in [0, 0.05) is 16.5 Å². The molecule has 8 nitrogen and oxygen atoms in total. The number of hydrogen-bond acceptors (Lipinski definition) is 5. The molecule has 0 radical (unpaired) electrons. The minimum absolute atomic E-state index is 0.248. The normalized spacial score (nSPS) is 11.3. The lowest BCUT2D eigenvalue weighted by Crippen LogP contribution is -2.07. The van der Waals surface area contributed by atoms with Crippen LogP contribution in [-0.2, 0) is 0 Å². The van der Waals surface area contributed by atoms with Crippen LogP contribution in [0.15, 0.2) is 48.7 Å². The Hall–Kier alpha value is -4.20. The number of rotatable bonds is 4. The van der Waals surface area contributed by atoms with Crippen molar-refractivity contribution in [2.75, 3.05) is 5.73 Å². The number of H-pyrrole nitrogens is 2. The minimum atomic E-state index is -0.268. The van der Waals surface area contributed by atoms with E-state index in [0.29, 0.717) is 22.3 Å². The number of carbonyl (C=O) groups excluding carboxylic acids is 2. The second-order valence-electron chi connectivity index (χ2n) is 6.86. The van der Waals surface area contributed by atoms with E-state index in [4.69, 9.17) is 5.73 Å². The molecule has 0 fully saturated rings. The molecule has 0 unspecified atom stereocenters. The molecule has 5 rings (SSSR count). The first kappa shape index (κ1) is 16.9. The molecule has 3 aromatic heterocycles. The van der Waals surface area contributed by atoms with Gasteiger partial charge in [0.25, 0.3) is 0 Å². The zero-order valence-electron chi connectivity index (χ0n) is 15.4. The maximum atomic E-state index is 13.0. The van der Waals surface area contributed by atoms with Gasteiger partial charge in [-0.25, -0.2) is 9.67 Å². The zero-order valence-corrected chi connectivity index (χ0v) is 15.4. The van der Waals surface area contributed by atoms with Gasteiger partial charge in [-0.05, 0) is 37.3 Å². The quantitative estimate of drug-likeness (QED) is 0.324. The lowest BCUT2D eigenvalue weighted by molar-refractivity contribution is 0.103. The SMILES string of the molecule is Cc1nc2ccc(-n3ncc(C(=O)c4cc5ccc(C=O)cc5[nH]4)c3N)cc2[nH]1. The molecular weight excluding hydrogens is 368 g/mol. The Morgan fingerprint density at radius 1 is 1.10 bits per heavy atom. The van der Waals surface area contributed by atoms with E-state index >= 15 is 0 Å². The molecule has 0 saturated heterocycles. The van der Waals surface area contributed by atoms with Gasteiger partial charge in [0.05, 0.1) is 34.2 Å². The average Bonchev–Trinajstić information content (AvgIpc) is 3.41. The Morgan fingerprint density at radius 2 is 1.97 bits per heavy atom. The van der Waals surface area contributed by atoms with E-state index in [1.54, 1.807) is 24.3 Å². The minimum Gasteiger partial charge on any atom is -0.383 e. The number of fused-ring (bicyclic) bond motifs is 2. The number of aromatic nitrogens is 5. The first-order chi connectivity index (χ1) is 14.0. The van der Waals surface area contributed by atoms with Gasteiger partial charge in [0.1, 0.15) is 17.9 Å². The summed E-state index contributed by atoms with van der Waals surface area (Å²) < 4.78 is 1.52. The Balaban J connectivity index is 1.54. The standard InChI is InChI=1S/C21H16N6O2/c1-11-24-16-5-4-14(8-18(16)25-11)27-21(22)15(9-23-27)20(29)19-7-13-3-2-12(10-28)6-17(13)26-19/h2-10,26H,22H2,1H3,(H,24,25). The second kappa shape index (κ2) is 6.16. The van der Waals surface area contributed by atoms with Crippen LogP contribution in [0.2, 0.25) is 0 Å². The van der Waals surface area contributed by atoms with Crippen LogP contribution in [0.4, 0.5) is 5.82 Å². The highest BCUT2D eigenvalue weighted by molar-refractivity contribution is 6.12. The van der Waals surface area contributed by atoms with E-state index in [1.807, 2.05) is 25.1 Å². The number of aldehydes is 1. The average molecular weight is 384 g/mol. The summed E-state index contributed by atoms with van der Waals surface area (Å²) in [5, 5.41) is 5.14. The van der Waals surface area contributed by atoms with Gasteiger partial charge in [-0.3, -0.25) is 9.59 Å². The maximum Gasteiger partial charge on any atom is 0.214 e. The summed E-state index contributed by atoms with van der Waals surface area (Å²) in [6, 6.07) is 12.5. The van der Waals surface area contributed by atoms with E-state index in [1.165, 1.54) is 10.9 Å². The van der Waals surface area contributed by atoms with Crippen molar-refractivity contribution in [1.82, 2.24) is 24.7 Å². The van der Waals surface area contributed by atoms with Gasteiger partial charge in [-0.15, -0.1) is 0 Å². The van der Waals surface area contributed by atoms with E-state index in [2.05, 4.69) is 20.1 Å². The fraction of sp³-hybridized carbons (Fsp3) is 0.0476. The topological polar surface area (TPSA) is 122 Å². The number of nitrogens with one attached hydrogen (secondary N) is 2. The lowest BCUT2D eigenvalue weighted by Gasteiger charge is -2.05. The first-order valence-electron chi connectivity index (χ1n) is 8.96. The fourth-order valence-corrected chi connectivity index (χ4v) is 3.48. The van der Waals surface area contributed by atoms with Gasteiger partial charge < -0.3 is 15.7 Å². The third-order valence-electron chi connectivity index (χ3n) is 4.91. The van der Waals surface area contributed by atoms with Crippen molar-refractivity contribution >= 4 is 39.8 Å². The van der Waals surface area contributed by atoms with Gasteiger partial charge in [0.15, 0.2) is 0 Å². The molecule has 3 heterocycles. The number of nitrogen functional groups attached to an aromatic ring is 1. The summed E-state index contributed by atoms with van der Waals surface area (Å²) in [5.74, 6) is 0.798. The smallest absolute Gasteiger partial charge is 0.214 e. The number of hydrogen-bond donors (Lipinski definition) is 3. The van der Waals surface area contributed by atoms with Crippen LogP contribution in [0.25, 0.3) is 27.6 Å². The number of nitrogens with zero attached hydrogens (tertiary/aromatic N) is 3. The maximum absolute atomic E-state index is 13.0. The highest BCUT2D eigenvalue weighted by Crippen LogP contribution is 2.24. The highest BCUT2D eigenvalue weighted by Gasteiger charge is 2.20. The summed E-state index contributed by atoms with van der Waals surface area (Å²) in [7, 11) is 0. The second-order valence-corrected chi connectivity index (χ2v) is 6.86. The lowest BCUT2D eigenvalue weighted by atomic mass is 10.1. The Bertz CT molecular complexity index is 1420. The van der Waals surface area contributed by atoms with Crippen LogP contribution in [0, 0.1) is 6.92 Å². The van der Waals surface area contributed by atoms with Gasteiger partial charge in [-0.2, -0.15) is 5.10 Å². The number of aromatic amines is 2. The van der Waals surface area contributed by atoms with Gasteiger partial charge in [-0.1, -0.05) is 12.1 Å². The molecule has 0 atom stereocenters. The van der Waals surface area contributed by atoms with Crippen molar-refractivity contribution in [2.24, 2.45) is 0 Å². The third-order valence-corrected chi connectivity index (χ3v) is 4.91. The summed E-state index contributed by atoms with van der Waals surface area (Å²) in [5.41, 5.74) is 10.6. The van der Waals surface area contributed by atoms with Gasteiger partial charge in [0.2, 0.25) is 5.78 Å². The summed E-state index contributed by atoms with van der Waals surface area (Å²) >= 11 is 0. The number of carbonyl (C=O) groups is 2. The molecule has 8 heteroatoms. The molecule has 0 bridgehead atoms. The van der Waals surface area contributed by atoms with Crippen molar-refractivity contribution in [1.29, 1.82) is 0 Å². The summed E-state index contributed by atoms with van der Waals surface area (Å²) in [4.78, 5) is 34.6. The number of benzene rings is 2. The molecule has 0 aliphatic carbocycles. The molecule has 142 valence electrons. The van der Waals surface area contributed by atoms with Crippen molar-refractivity contribution in [3.8, 4) is 5.69 Å². The van der Waals surface area contributed by atoms with Crippen molar-refractivity contribution < 1.29 is 9.59 Å². The molecule has 0 amide bonds. The zero-order chi connectivity index (χ0) is 20.1. The van der Waals surface area contributed by atoms with Crippen LogP contribution in [0.5, 0.6) is 0 Å². The number of nitrogens with two attached hydrogens (primary N) is 1. The number of aryl methyl sites for hydroxylation is 1. The summed E-state index contributed by atoms with van der Waals surface area (Å²) in [6.07, 6.45) is 2.23. The number of anilines is 1. The molecule has 0 aliphatic rings. The Morgan fingerprint density at radius 3 is 2.79 bits per heavy atom. The largest absolute Gasteiger partial charge is 0.383 e. The predicted octanol–water partition coefficient (Wildman–Crippen LogP) is 3.16. The highest BCUT2D eigenvalue weighted by atomic mass is 16.1. The van der Waals surface area contributed by atoms with E-state index in [9.17, 15) is 9.59 Å². The van der Waals surface area contributed by atoms with Crippen LogP contribution in [0.1, 0.15) is 32.2 Å². The number of ketones is 1. The molecular formula is C21H16N6O2. The monoisotopic (exact) mass is 384 g/mol. The molecule has 0 spiro atoms. The van der Waals surface area contributed by atoms with Crippen molar-refractivity contribution in [3.05, 3.63) is 71.3 Å². The molecule has 0 aliphatic heterocycles. The van der Waals surface area contributed by atoms with E-state index < -0.39 is 0 Å².